The Bertz CT molecular complexity index is 1260. The molecule has 0 saturated heterocycles. The lowest BCUT2D eigenvalue weighted by molar-refractivity contribution is -0.116. The van der Waals surface area contributed by atoms with Crippen molar-refractivity contribution in [3.05, 3.63) is 76.2 Å². The lowest BCUT2D eigenvalue weighted by atomic mass is 10.0. The van der Waals surface area contributed by atoms with Crippen molar-refractivity contribution >= 4 is 33.1 Å². The Labute approximate surface area is 184 Å². The Balaban J connectivity index is 1.57. The summed E-state index contributed by atoms with van der Waals surface area (Å²) in [5.74, 6) is 0.444. The van der Waals surface area contributed by atoms with Gasteiger partial charge >= 0.3 is 0 Å². The molecule has 6 nitrogen and oxygen atoms in total. The van der Waals surface area contributed by atoms with Crippen molar-refractivity contribution in [2.75, 3.05) is 11.9 Å². The molecule has 0 atom stereocenters. The lowest BCUT2D eigenvalue weighted by Crippen LogP contribution is -2.27. The van der Waals surface area contributed by atoms with E-state index in [9.17, 15) is 9.59 Å². The number of carbonyl (C=O) groups is 1. The van der Waals surface area contributed by atoms with Crippen molar-refractivity contribution in [3.63, 3.8) is 0 Å². The number of thiophene rings is 1. The average molecular weight is 434 g/mol. The lowest BCUT2D eigenvalue weighted by Gasteiger charge is -2.09. The van der Waals surface area contributed by atoms with E-state index >= 15 is 0 Å². The second kappa shape index (κ2) is 9.14. The van der Waals surface area contributed by atoms with Gasteiger partial charge in [0.15, 0.2) is 0 Å². The zero-order valence-electron chi connectivity index (χ0n) is 17.4. The summed E-state index contributed by atoms with van der Waals surface area (Å²) in [6, 6.07) is 15.3. The van der Waals surface area contributed by atoms with E-state index in [0.29, 0.717) is 22.5 Å². The molecule has 158 valence electrons. The van der Waals surface area contributed by atoms with E-state index in [4.69, 9.17) is 4.74 Å². The molecular formula is C24H23N3O3S. The number of amides is 1. The fraction of sp³-hybridized carbons (Fsp3) is 0.208. The Kier molecular flexibility index (Phi) is 6.13. The van der Waals surface area contributed by atoms with Gasteiger partial charge in [-0.3, -0.25) is 14.2 Å². The molecule has 4 aromatic rings. The predicted octanol–water partition coefficient (Wildman–Crippen LogP) is 4.72. The third-order valence-corrected chi connectivity index (χ3v) is 5.88. The van der Waals surface area contributed by atoms with Gasteiger partial charge in [-0.15, -0.1) is 11.3 Å². The monoisotopic (exact) mass is 433 g/mol. The van der Waals surface area contributed by atoms with E-state index in [1.165, 1.54) is 27.8 Å². The normalized spacial score (nSPS) is 10.9. The van der Waals surface area contributed by atoms with E-state index in [-0.39, 0.29) is 18.0 Å². The molecule has 0 aliphatic heterocycles. The van der Waals surface area contributed by atoms with Crippen LogP contribution in [0.4, 0.5) is 5.69 Å². The molecule has 2 aromatic carbocycles. The van der Waals surface area contributed by atoms with E-state index in [2.05, 4.69) is 29.4 Å². The molecule has 0 bridgehead atoms. The van der Waals surface area contributed by atoms with Gasteiger partial charge in [0.25, 0.3) is 5.56 Å². The summed E-state index contributed by atoms with van der Waals surface area (Å²) in [5.41, 5.74) is 3.48. The van der Waals surface area contributed by atoms with Gasteiger partial charge in [0.05, 0.1) is 18.3 Å². The molecule has 1 N–H and O–H groups in total. The largest absolute Gasteiger partial charge is 0.494 e. The number of nitrogens with one attached hydrogen (secondary N) is 1. The fourth-order valence-electron chi connectivity index (χ4n) is 3.37. The van der Waals surface area contributed by atoms with Crippen molar-refractivity contribution in [3.8, 4) is 16.9 Å². The van der Waals surface area contributed by atoms with E-state index < -0.39 is 0 Å². The zero-order chi connectivity index (χ0) is 21.8. The third kappa shape index (κ3) is 4.51. The maximum Gasteiger partial charge on any atom is 0.263 e. The van der Waals surface area contributed by atoms with Crippen LogP contribution >= 0.6 is 11.3 Å². The highest BCUT2D eigenvalue weighted by molar-refractivity contribution is 7.17. The highest BCUT2D eigenvalue weighted by Crippen LogP contribution is 2.30. The first-order chi connectivity index (χ1) is 15.1. The minimum absolute atomic E-state index is 0.112. The van der Waals surface area contributed by atoms with Crippen LogP contribution in [0.1, 0.15) is 19.4 Å². The maximum atomic E-state index is 13.1. The molecule has 2 heterocycles. The highest BCUT2D eigenvalue weighted by Gasteiger charge is 2.15. The smallest absolute Gasteiger partial charge is 0.263 e. The van der Waals surface area contributed by atoms with Crippen LogP contribution in [0.2, 0.25) is 0 Å². The van der Waals surface area contributed by atoms with Crippen molar-refractivity contribution < 1.29 is 9.53 Å². The van der Waals surface area contributed by atoms with Crippen molar-refractivity contribution in [2.45, 2.75) is 26.8 Å². The van der Waals surface area contributed by atoms with Crippen molar-refractivity contribution in [1.29, 1.82) is 0 Å². The van der Waals surface area contributed by atoms with Gasteiger partial charge in [0, 0.05) is 16.6 Å². The minimum Gasteiger partial charge on any atom is -0.494 e. The highest BCUT2D eigenvalue weighted by atomic mass is 32.1. The first kappa shape index (κ1) is 20.8. The summed E-state index contributed by atoms with van der Waals surface area (Å²) < 4.78 is 6.76. The zero-order valence-corrected chi connectivity index (χ0v) is 18.2. The summed E-state index contributed by atoms with van der Waals surface area (Å²) in [6.45, 7) is 4.49. The Morgan fingerprint density at radius 1 is 1.10 bits per heavy atom. The van der Waals surface area contributed by atoms with Crippen molar-refractivity contribution in [1.82, 2.24) is 9.55 Å². The van der Waals surface area contributed by atoms with Crippen LogP contribution < -0.4 is 15.6 Å². The Morgan fingerprint density at radius 3 is 2.52 bits per heavy atom. The number of anilines is 1. The molecule has 0 fully saturated rings. The second-order valence-corrected chi connectivity index (χ2v) is 7.92. The summed E-state index contributed by atoms with van der Waals surface area (Å²) in [4.78, 5) is 30.7. The molecule has 31 heavy (non-hydrogen) atoms. The predicted molar refractivity (Wildman–Crippen MR) is 125 cm³/mol. The second-order valence-electron chi connectivity index (χ2n) is 7.06. The maximum absolute atomic E-state index is 13.1. The number of aryl methyl sites for hydroxylation is 1. The average Bonchev–Trinajstić information content (AvgIpc) is 3.22. The summed E-state index contributed by atoms with van der Waals surface area (Å²) in [7, 11) is 0. The fourth-order valence-corrected chi connectivity index (χ4v) is 4.28. The van der Waals surface area contributed by atoms with Gasteiger partial charge in [0.2, 0.25) is 5.91 Å². The number of nitrogens with zero attached hydrogens (tertiary/aromatic N) is 2. The third-order valence-electron chi connectivity index (χ3n) is 5.00. The molecule has 0 aliphatic carbocycles. The first-order valence-electron chi connectivity index (χ1n) is 10.2. The van der Waals surface area contributed by atoms with Crippen LogP contribution in [-0.2, 0) is 17.8 Å². The topological polar surface area (TPSA) is 73.2 Å². The van der Waals surface area contributed by atoms with Crippen LogP contribution in [0.3, 0.4) is 0 Å². The summed E-state index contributed by atoms with van der Waals surface area (Å²) in [5, 5.41) is 5.30. The van der Waals surface area contributed by atoms with Crippen LogP contribution in [0.25, 0.3) is 21.3 Å². The molecule has 1 amide bonds. The number of hydrogen-bond donors (Lipinski definition) is 1. The molecule has 0 saturated carbocycles. The van der Waals surface area contributed by atoms with Gasteiger partial charge in [-0.25, -0.2) is 4.98 Å². The number of aromatic nitrogens is 2. The molecule has 0 radical (unpaired) electrons. The van der Waals surface area contributed by atoms with Crippen LogP contribution in [0.5, 0.6) is 5.75 Å². The number of ether oxygens (including phenoxy) is 1. The number of benzene rings is 2. The van der Waals surface area contributed by atoms with Crippen LogP contribution in [0, 0.1) is 0 Å². The van der Waals surface area contributed by atoms with Crippen LogP contribution in [-0.4, -0.2) is 22.1 Å². The Hall–Kier alpha value is -3.45. The van der Waals surface area contributed by atoms with Gasteiger partial charge in [-0.05, 0) is 48.7 Å². The Morgan fingerprint density at radius 2 is 1.84 bits per heavy atom. The van der Waals surface area contributed by atoms with Crippen LogP contribution in [0.15, 0.2) is 65.0 Å². The molecular weight excluding hydrogens is 410 g/mol. The first-order valence-corrected chi connectivity index (χ1v) is 11.1. The molecule has 0 aliphatic rings. The van der Waals surface area contributed by atoms with E-state index in [0.717, 1.165) is 23.3 Å². The van der Waals surface area contributed by atoms with Gasteiger partial charge in [0.1, 0.15) is 17.1 Å². The molecule has 7 heteroatoms. The molecule has 4 rings (SSSR count). The summed E-state index contributed by atoms with van der Waals surface area (Å²) >= 11 is 1.43. The standard InChI is InChI=1S/C24H23N3O3S/c1-3-16-5-7-17(8-6-16)20-14-31-23-22(20)24(29)27(15-25-23)13-21(28)26-18-9-11-19(12-10-18)30-4-2/h5-12,14-15H,3-4,13H2,1-2H3,(H,26,28). The van der Waals surface area contributed by atoms with Gasteiger partial charge in [-0.1, -0.05) is 31.2 Å². The van der Waals surface area contributed by atoms with E-state index in [1.807, 2.05) is 24.4 Å². The van der Waals surface area contributed by atoms with Gasteiger partial charge in [-0.2, -0.15) is 0 Å². The number of carbonyl (C=O) groups excluding carboxylic acids is 1. The quantitative estimate of drug-likeness (QED) is 0.458. The van der Waals surface area contributed by atoms with E-state index in [1.54, 1.807) is 24.3 Å². The molecule has 0 unspecified atom stereocenters. The number of fused-ring (bicyclic) bond motifs is 1. The minimum atomic E-state index is -0.295. The van der Waals surface area contributed by atoms with Crippen molar-refractivity contribution in [2.24, 2.45) is 0 Å². The summed E-state index contributed by atoms with van der Waals surface area (Å²) in [6.07, 6.45) is 2.39. The molecule has 2 aromatic heterocycles. The number of hydrogen-bond acceptors (Lipinski definition) is 5. The van der Waals surface area contributed by atoms with Gasteiger partial charge < -0.3 is 10.1 Å². The number of rotatable bonds is 7. The SMILES string of the molecule is CCOc1ccc(NC(=O)Cn2cnc3scc(-c4ccc(CC)cc4)c3c2=O)cc1. The molecule has 0 spiro atoms.